The number of aromatic amines is 1. The van der Waals surface area contributed by atoms with E-state index in [2.05, 4.69) is 22.1 Å². The summed E-state index contributed by atoms with van der Waals surface area (Å²) < 4.78 is 0. The highest BCUT2D eigenvalue weighted by Crippen LogP contribution is 2.36. The number of carbonyl (C=O) groups is 2. The van der Waals surface area contributed by atoms with Crippen molar-refractivity contribution < 1.29 is 14.7 Å². The molecule has 0 saturated heterocycles. The van der Waals surface area contributed by atoms with Gasteiger partial charge in [0, 0.05) is 61.0 Å². The molecule has 5 nitrogen and oxygen atoms in total. The predicted molar refractivity (Wildman–Crippen MR) is 115 cm³/mol. The number of carbonyl (C=O) groups excluding carboxylic acids is 2. The van der Waals surface area contributed by atoms with Crippen molar-refractivity contribution in [3.8, 4) is 11.3 Å². The predicted octanol–water partition coefficient (Wildman–Crippen LogP) is 4.00. The molecule has 0 radical (unpaired) electrons. The third-order valence-electron chi connectivity index (χ3n) is 5.85. The van der Waals surface area contributed by atoms with Gasteiger partial charge in [-0.25, -0.2) is 0 Å². The van der Waals surface area contributed by atoms with Gasteiger partial charge in [-0.2, -0.15) is 0 Å². The van der Waals surface area contributed by atoms with Gasteiger partial charge in [0.1, 0.15) is 5.78 Å². The minimum absolute atomic E-state index is 0.0203. The molecular formula is C25H26N2O3. The highest BCUT2D eigenvalue weighted by Gasteiger charge is 2.34. The van der Waals surface area contributed by atoms with E-state index in [0.717, 1.165) is 33.6 Å². The van der Waals surface area contributed by atoms with E-state index in [1.165, 1.54) is 0 Å². The number of Topliss-reactive ketones (excluding diaryl/α,β-unsaturated/α-hetero) is 2. The Hall–Kier alpha value is -3.05. The standard InChI is InChI=1S/C25H26N2O3/c1-16(15-28)11-22(29)19-13-21-24(23(30)14-19)20(12-17-5-3-2-4-6-17)25(27-21)18-7-9-26-10-8-18/h2-10,16,19,27-28H,11-15H2,1H3/t16-,19?/m0/s1. The van der Waals surface area contributed by atoms with E-state index in [9.17, 15) is 14.7 Å². The summed E-state index contributed by atoms with van der Waals surface area (Å²) in [7, 11) is 0. The van der Waals surface area contributed by atoms with Crippen LogP contribution in [0.3, 0.4) is 0 Å². The van der Waals surface area contributed by atoms with Gasteiger partial charge in [-0.15, -0.1) is 0 Å². The lowest BCUT2D eigenvalue weighted by atomic mass is 9.80. The van der Waals surface area contributed by atoms with Crippen molar-refractivity contribution in [2.45, 2.75) is 32.6 Å². The van der Waals surface area contributed by atoms with E-state index in [1.807, 2.05) is 37.3 Å². The van der Waals surface area contributed by atoms with E-state index in [1.54, 1.807) is 12.4 Å². The molecule has 3 aromatic rings. The van der Waals surface area contributed by atoms with Gasteiger partial charge in [-0.1, -0.05) is 37.3 Å². The maximum absolute atomic E-state index is 13.2. The number of nitrogens with one attached hydrogen (secondary N) is 1. The Morgan fingerprint density at radius 1 is 1.17 bits per heavy atom. The Bertz CT molecular complexity index is 1040. The molecule has 0 aliphatic heterocycles. The molecule has 2 heterocycles. The first-order chi connectivity index (χ1) is 14.6. The molecule has 0 amide bonds. The van der Waals surface area contributed by atoms with Crippen molar-refractivity contribution in [2.75, 3.05) is 6.61 Å². The Balaban J connectivity index is 1.72. The van der Waals surface area contributed by atoms with Crippen LogP contribution in [0.4, 0.5) is 0 Å². The number of hydrogen-bond donors (Lipinski definition) is 2. The van der Waals surface area contributed by atoms with Crippen molar-refractivity contribution in [2.24, 2.45) is 11.8 Å². The summed E-state index contributed by atoms with van der Waals surface area (Å²) in [5.41, 5.74) is 5.62. The summed E-state index contributed by atoms with van der Waals surface area (Å²) in [6.45, 7) is 1.83. The molecule has 2 N–H and O–H groups in total. The molecule has 154 valence electrons. The molecule has 2 aromatic heterocycles. The first-order valence-corrected chi connectivity index (χ1v) is 10.4. The Labute approximate surface area is 176 Å². The second-order valence-corrected chi connectivity index (χ2v) is 8.22. The van der Waals surface area contributed by atoms with Gasteiger partial charge in [-0.05, 0) is 35.6 Å². The topological polar surface area (TPSA) is 83.0 Å². The van der Waals surface area contributed by atoms with Gasteiger partial charge < -0.3 is 10.1 Å². The first-order valence-electron chi connectivity index (χ1n) is 10.4. The van der Waals surface area contributed by atoms with Crippen LogP contribution in [0.15, 0.2) is 54.9 Å². The lowest BCUT2D eigenvalue weighted by Crippen LogP contribution is -2.28. The third kappa shape index (κ3) is 4.12. The number of benzene rings is 1. The SMILES string of the molecule is C[C@H](CO)CC(=O)C1CC(=O)c2c([nH]c(-c3ccncc3)c2Cc2ccccc2)C1. The molecule has 5 heteroatoms. The zero-order chi connectivity index (χ0) is 21.1. The molecule has 4 rings (SSSR count). The largest absolute Gasteiger partial charge is 0.396 e. The van der Waals surface area contributed by atoms with Crippen molar-refractivity contribution in [3.05, 3.63) is 77.2 Å². The van der Waals surface area contributed by atoms with Gasteiger partial charge in [0.25, 0.3) is 0 Å². The minimum atomic E-state index is -0.326. The minimum Gasteiger partial charge on any atom is -0.396 e. The van der Waals surface area contributed by atoms with Crippen LogP contribution in [-0.2, 0) is 17.6 Å². The maximum Gasteiger partial charge on any atom is 0.165 e. The number of fused-ring (bicyclic) bond motifs is 1. The van der Waals surface area contributed by atoms with E-state index < -0.39 is 0 Å². The average molecular weight is 402 g/mol. The van der Waals surface area contributed by atoms with Gasteiger partial charge in [0.15, 0.2) is 5.78 Å². The van der Waals surface area contributed by atoms with Crippen LogP contribution < -0.4 is 0 Å². The van der Waals surface area contributed by atoms with Crippen LogP contribution in [0, 0.1) is 11.8 Å². The zero-order valence-electron chi connectivity index (χ0n) is 17.1. The Morgan fingerprint density at radius 3 is 2.60 bits per heavy atom. The summed E-state index contributed by atoms with van der Waals surface area (Å²) in [4.78, 5) is 33.4. The number of aliphatic hydroxyl groups excluding tert-OH is 1. The van der Waals surface area contributed by atoms with Crippen molar-refractivity contribution in [3.63, 3.8) is 0 Å². The number of H-pyrrole nitrogens is 1. The fourth-order valence-corrected chi connectivity index (χ4v) is 4.27. The number of aliphatic hydroxyl groups is 1. The fourth-order valence-electron chi connectivity index (χ4n) is 4.27. The summed E-state index contributed by atoms with van der Waals surface area (Å²) in [5, 5.41) is 9.27. The van der Waals surface area contributed by atoms with E-state index in [-0.39, 0.29) is 36.4 Å². The number of pyridine rings is 1. The number of ketones is 2. The van der Waals surface area contributed by atoms with Crippen molar-refractivity contribution >= 4 is 11.6 Å². The van der Waals surface area contributed by atoms with Gasteiger partial charge in [0.2, 0.25) is 0 Å². The van der Waals surface area contributed by atoms with Crippen LogP contribution in [0.1, 0.15) is 46.9 Å². The van der Waals surface area contributed by atoms with E-state index in [4.69, 9.17) is 0 Å². The van der Waals surface area contributed by atoms with Crippen LogP contribution in [0.25, 0.3) is 11.3 Å². The van der Waals surface area contributed by atoms with Crippen LogP contribution >= 0.6 is 0 Å². The lowest BCUT2D eigenvalue weighted by Gasteiger charge is -2.22. The molecule has 30 heavy (non-hydrogen) atoms. The van der Waals surface area contributed by atoms with Gasteiger partial charge >= 0.3 is 0 Å². The van der Waals surface area contributed by atoms with Crippen LogP contribution in [0.5, 0.6) is 0 Å². The molecular weight excluding hydrogens is 376 g/mol. The molecule has 1 aliphatic rings. The summed E-state index contributed by atoms with van der Waals surface area (Å²) >= 11 is 0. The molecule has 1 aliphatic carbocycles. The van der Waals surface area contributed by atoms with Crippen molar-refractivity contribution in [1.82, 2.24) is 9.97 Å². The second-order valence-electron chi connectivity index (χ2n) is 8.22. The molecule has 1 aromatic carbocycles. The second kappa shape index (κ2) is 8.76. The number of rotatable bonds is 7. The normalized spacial score (nSPS) is 16.9. The average Bonchev–Trinajstić information content (AvgIpc) is 3.13. The lowest BCUT2D eigenvalue weighted by molar-refractivity contribution is -0.124. The van der Waals surface area contributed by atoms with E-state index >= 15 is 0 Å². The Morgan fingerprint density at radius 2 is 1.90 bits per heavy atom. The molecule has 0 saturated carbocycles. The highest BCUT2D eigenvalue weighted by atomic mass is 16.3. The summed E-state index contributed by atoms with van der Waals surface area (Å²) in [5.74, 6) is -0.333. The number of aromatic nitrogens is 2. The summed E-state index contributed by atoms with van der Waals surface area (Å²) in [6, 6.07) is 14.0. The monoisotopic (exact) mass is 402 g/mol. The molecule has 2 atom stereocenters. The highest BCUT2D eigenvalue weighted by molar-refractivity contribution is 6.04. The van der Waals surface area contributed by atoms with Crippen LogP contribution in [-0.4, -0.2) is 33.2 Å². The molecule has 0 fully saturated rings. The first kappa shape index (κ1) is 20.2. The molecule has 1 unspecified atom stereocenters. The quantitative estimate of drug-likeness (QED) is 0.626. The summed E-state index contributed by atoms with van der Waals surface area (Å²) in [6.07, 6.45) is 5.21. The third-order valence-corrected chi connectivity index (χ3v) is 5.85. The van der Waals surface area contributed by atoms with Crippen LogP contribution in [0.2, 0.25) is 0 Å². The smallest absolute Gasteiger partial charge is 0.165 e. The van der Waals surface area contributed by atoms with Crippen molar-refractivity contribution in [1.29, 1.82) is 0 Å². The van der Waals surface area contributed by atoms with Gasteiger partial charge in [-0.3, -0.25) is 14.6 Å². The Kier molecular flexibility index (Phi) is 5.91. The molecule has 0 spiro atoms. The number of nitrogens with zero attached hydrogens (tertiary/aromatic N) is 1. The number of hydrogen-bond acceptors (Lipinski definition) is 4. The van der Waals surface area contributed by atoms with E-state index in [0.29, 0.717) is 19.3 Å². The molecule has 0 bridgehead atoms. The fraction of sp³-hybridized carbons (Fsp3) is 0.320. The maximum atomic E-state index is 13.2. The zero-order valence-corrected chi connectivity index (χ0v) is 17.1. The van der Waals surface area contributed by atoms with Gasteiger partial charge in [0.05, 0.1) is 5.69 Å².